The van der Waals surface area contributed by atoms with Gasteiger partial charge in [0.15, 0.2) is 11.6 Å². The summed E-state index contributed by atoms with van der Waals surface area (Å²) >= 11 is 0. The molecule has 34 heavy (non-hydrogen) atoms. The van der Waals surface area contributed by atoms with Crippen molar-refractivity contribution in [3.8, 4) is 28.4 Å². The minimum Gasteiger partial charge on any atom is -0.507 e. The van der Waals surface area contributed by atoms with E-state index in [1.807, 2.05) is 25.9 Å². The second kappa shape index (κ2) is 8.12. The van der Waals surface area contributed by atoms with Crippen molar-refractivity contribution in [3.63, 3.8) is 0 Å². The number of halogens is 1. The van der Waals surface area contributed by atoms with E-state index in [1.165, 1.54) is 17.0 Å². The molecule has 0 aliphatic carbocycles. The Kier molecular flexibility index (Phi) is 5.35. The lowest BCUT2D eigenvalue weighted by Crippen LogP contribution is -2.62. The van der Waals surface area contributed by atoms with Gasteiger partial charge in [-0.3, -0.25) is 9.47 Å². The lowest BCUT2D eigenvalue weighted by atomic mass is 9.84. The number of hydrogen-bond acceptors (Lipinski definition) is 8. The Bertz CT molecular complexity index is 1280. The Morgan fingerprint density at radius 2 is 2.00 bits per heavy atom. The fourth-order valence-electron chi connectivity index (χ4n) is 5.26. The molecule has 4 heterocycles. The third-order valence-corrected chi connectivity index (χ3v) is 7.68. The molecule has 3 aromatic rings. The molecule has 10 heteroatoms. The molecule has 4 atom stereocenters. The minimum absolute atomic E-state index is 0.0270. The van der Waals surface area contributed by atoms with E-state index in [4.69, 9.17) is 0 Å². The van der Waals surface area contributed by atoms with Crippen LogP contribution in [0.5, 0.6) is 5.75 Å². The van der Waals surface area contributed by atoms with Crippen LogP contribution in [0.1, 0.15) is 26.2 Å². The Morgan fingerprint density at radius 3 is 2.68 bits per heavy atom. The molecule has 0 spiro atoms. The number of fused-ring (bicyclic) bond motifs is 2. The SMILES string of the molecule is CN(c1ccc(-c2ccc(-c3ncn(C)c(=O)n3)cc2O)nn1)[C@@H]1CC2CC[C@@](C)([C@@H]1F)N2C. The molecule has 2 fully saturated rings. The van der Waals surface area contributed by atoms with Gasteiger partial charge in [0.1, 0.15) is 18.2 Å². The number of benzene rings is 1. The second-order valence-corrected chi connectivity index (χ2v) is 9.56. The monoisotopic (exact) mass is 465 g/mol. The molecular weight excluding hydrogens is 437 g/mol. The first kappa shape index (κ1) is 22.4. The smallest absolute Gasteiger partial charge is 0.350 e. The minimum atomic E-state index is -0.989. The normalized spacial score (nSPS) is 26.6. The fourth-order valence-corrected chi connectivity index (χ4v) is 5.26. The molecule has 0 radical (unpaired) electrons. The highest BCUT2D eigenvalue weighted by Crippen LogP contribution is 2.46. The van der Waals surface area contributed by atoms with Gasteiger partial charge in [-0.2, -0.15) is 4.98 Å². The first-order chi connectivity index (χ1) is 16.2. The van der Waals surface area contributed by atoms with Crippen LogP contribution in [0.15, 0.2) is 41.5 Å². The van der Waals surface area contributed by atoms with Gasteiger partial charge in [-0.25, -0.2) is 14.2 Å². The molecule has 1 unspecified atom stereocenters. The maximum absolute atomic E-state index is 15.5. The van der Waals surface area contributed by atoms with Crippen LogP contribution in [0, 0.1) is 0 Å². The van der Waals surface area contributed by atoms with Crippen LogP contribution in [-0.2, 0) is 7.05 Å². The molecule has 2 saturated heterocycles. The highest BCUT2D eigenvalue weighted by Gasteiger charge is 2.55. The van der Waals surface area contributed by atoms with Crippen LogP contribution in [0.3, 0.4) is 0 Å². The zero-order valence-electron chi connectivity index (χ0n) is 19.7. The van der Waals surface area contributed by atoms with Gasteiger partial charge >= 0.3 is 5.69 Å². The molecule has 9 nitrogen and oxygen atoms in total. The summed E-state index contributed by atoms with van der Waals surface area (Å²) in [4.78, 5) is 23.9. The lowest BCUT2D eigenvalue weighted by molar-refractivity contribution is 0.00185. The molecule has 1 N–H and O–H groups in total. The number of phenolic OH excluding ortho intramolecular Hbond substituents is 1. The van der Waals surface area contributed by atoms with Crippen molar-refractivity contribution in [1.29, 1.82) is 0 Å². The van der Waals surface area contributed by atoms with Crippen LogP contribution < -0.4 is 10.6 Å². The predicted molar refractivity (Wildman–Crippen MR) is 126 cm³/mol. The Labute approximate surface area is 196 Å². The summed E-state index contributed by atoms with van der Waals surface area (Å²) < 4.78 is 16.8. The number of piperidine rings is 1. The molecule has 2 aliphatic heterocycles. The standard InChI is InChI=1S/C24H28FN7O2/c1-24-10-9-15(32(24)4)12-18(21(24)25)31(3)20-8-7-17(28-29-20)16-6-5-14(11-19(16)33)22-26-13-30(2)23(34)27-22/h5-8,11,13,15,18,21,33H,9-10,12H2,1-4H3/t15?,18-,21-,24+/m1/s1. The van der Waals surface area contributed by atoms with Gasteiger partial charge in [0.2, 0.25) is 0 Å². The maximum atomic E-state index is 15.5. The highest BCUT2D eigenvalue weighted by molar-refractivity contribution is 5.72. The first-order valence-electron chi connectivity index (χ1n) is 11.4. The lowest BCUT2D eigenvalue weighted by Gasteiger charge is -2.49. The van der Waals surface area contributed by atoms with Crippen molar-refractivity contribution >= 4 is 5.82 Å². The highest BCUT2D eigenvalue weighted by atomic mass is 19.1. The van der Waals surface area contributed by atoms with E-state index in [2.05, 4.69) is 25.1 Å². The Morgan fingerprint density at radius 1 is 1.21 bits per heavy atom. The molecule has 1 aromatic carbocycles. The van der Waals surface area contributed by atoms with E-state index in [0.29, 0.717) is 28.7 Å². The quantitative estimate of drug-likeness (QED) is 0.627. The number of aromatic nitrogens is 5. The van der Waals surface area contributed by atoms with Gasteiger partial charge < -0.3 is 10.0 Å². The van der Waals surface area contributed by atoms with Gasteiger partial charge in [-0.15, -0.1) is 10.2 Å². The summed E-state index contributed by atoms with van der Waals surface area (Å²) in [5.74, 6) is 0.795. The van der Waals surface area contributed by atoms with E-state index in [0.717, 1.165) is 19.3 Å². The molecule has 0 saturated carbocycles. The summed E-state index contributed by atoms with van der Waals surface area (Å²) in [6.45, 7) is 2.01. The zero-order chi connectivity index (χ0) is 24.2. The van der Waals surface area contributed by atoms with Crippen LogP contribution in [-0.4, -0.2) is 72.6 Å². The van der Waals surface area contributed by atoms with E-state index >= 15 is 4.39 Å². The Hall–Kier alpha value is -3.40. The number of anilines is 1. The third-order valence-electron chi connectivity index (χ3n) is 7.68. The van der Waals surface area contributed by atoms with Crippen molar-refractivity contribution < 1.29 is 9.50 Å². The molecule has 2 bridgehead atoms. The number of hydrogen-bond donors (Lipinski definition) is 1. The van der Waals surface area contributed by atoms with Gasteiger partial charge in [-0.1, -0.05) is 6.07 Å². The van der Waals surface area contributed by atoms with Crippen molar-refractivity contribution in [1.82, 2.24) is 29.6 Å². The van der Waals surface area contributed by atoms with Crippen molar-refractivity contribution in [2.75, 3.05) is 19.0 Å². The molecule has 2 aliphatic rings. The van der Waals surface area contributed by atoms with Crippen LogP contribution >= 0.6 is 0 Å². The summed E-state index contributed by atoms with van der Waals surface area (Å²) in [5, 5.41) is 19.2. The van der Waals surface area contributed by atoms with Gasteiger partial charge in [0.05, 0.1) is 17.3 Å². The number of aromatic hydroxyl groups is 1. The fraction of sp³-hybridized carbons (Fsp3) is 0.458. The predicted octanol–water partition coefficient (Wildman–Crippen LogP) is 2.40. The number of nitrogens with zero attached hydrogens (tertiary/aromatic N) is 7. The van der Waals surface area contributed by atoms with Crippen molar-refractivity contribution in [2.45, 2.75) is 50.0 Å². The van der Waals surface area contributed by atoms with Crippen LogP contribution in [0.2, 0.25) is 0 Å². The summed E-state index contributed by atoms with van der Waals surface area (Å²) in [7, 11) is 5.46. The molecule has 178 valence electrons. The first-order valence-corrected chi connectivity index (χ1v) is 11.4. The van der Waals surface area contributed by atoms with E-state index in [9.17, 15) is 9.90 Å². The summed E-state index contributed by atoms with van der Waals surface area (Å²) in [6.07, 6.45) is 3.02. The van der Waals surface area contributed by atoms with Crippen LogP contribution in [0.4, 0.5) is 10.2 Å². The summed E-state index contributed by atoms with van der Waals surface area (Å²) in [5.41, 5.74) is 0.611. The molecule has 0 amide bonds. The average Bonchev–Trinajstić information content (AvgIpc) is 3.04. The van der Waals surface area contributed by atoms with Gasteiger partial charge in [0, 0.05) is 31.3 Å². The second-order valence-electron chi connectivity index (χ2n) is 9.56. The maximum Gasteiger partial charge on any atom is 0.350 e. The van der Waals surface area contributed by atoms with Crippen molar-refractivity contribution in [2.24, 2.45) is 7.05 Å². The average molecular weight is 466 g/mol. The zero-order valence-corrected chi connectivity index (χ0v) is 19.7. The van der Waals surface area contributed by atoms with Crippen molar-refractivity contribution in [3.05, 3.63) is 47.1 Å². The number of rotatable bonds is 4. The van der Waals surface area contributed by atoms with Gasteiger partial charge in [-0.05, 0) is 57.5 Å². The number of alkyl halides is 1. The topological polar surface area (TPSA) is 100 Å². The third kappa shape index (κ3) is 3.53. The molecular formula is C24H28FN7O2. The van der Waals surface area contributed by atoms with Gasteiger partial charge in [0.25, 0.3) is 0 Å². The number of aryl methyl sites for hydroxylation is 1. The van der Waals surface area contributed by atoms with E-state index < -0.39 is 17.4 Å². The largest absolute Gasteiger partial charge is 0.507 e. The van der Waals surface area contributed by atoms with Crippen LogP contribution in [0.25, 0.3) is 22.6 Å². The number of phenols is 1. The van der Waals surface area contributed by atoms with E-state index in [1.54, 1.807) is 31.3 Å². The Balaban J connectivity index is 1.37. The molecule has 2 aromatic heterocycles. The molecule has 5 rings (SSSR count). The van der Waals surface area contributed by atoms with E-state index in [-0.39, 0.29) is 17.6 Å². The summed E-state index contributed by atoms with van der Waals surface area (Å²) in [6, 6.07) is 8.57.